The number of phenolic OH excluding ortho intramolecular Hbond substituents is 1. The summed E-state index contributed by atoms with van der Waals surface area (Å²) in [6, 6.07) is 13.5. The fraction of sp³-hybridized carbons (Fsp3) is 0.133. The minimum absolute atomic E-state index is 0.291. The first kappa shape index (κ1) is 13.0. The van der Waals surface area contributed by atoms with Gasteiger partial charge in [-0.25, -0.2) is 9.55 Å². The summed E-state index contributed by atoms with van der Waals surface area (Å²) in [4.78, 5) is 3.33. The number of benzene rings is 2. The van der Waals surface area contributed by atoms with Gasteiger partial charge in [0.05, 0.1) is 13.6 Å². The molecule has 1 aromatic heterocycles. The van der Waals surface area contributed by atoms with Crippen molar-refractivity contribution in [1.29, 1.82) is 0 Å². The van der Waals surface area contributed by atoms with Crippen molar-refractivity contribution in [3.05, 3.63) is 52.5 Å². The van der Waals surface area contributed by atoms with Crippen LogP contribution in [0, 0.1) is 0 Å². The molecule has 0 spiro atoms. The van der Waals surface area contributed by atoms with E-state index in [0.717, 1.165) is 27.0 Å². The van der Waals surface area contributed by atoms with Gasteiger partial charge in [0.1, 0.15) is 16.8 Å². The van der Waals surface area contributed by atoms with E-state index in [1.165, 1.54) is 0 Å². The average Bonchev–Trinajstić information content (AvgIpc) is 2.77. The van der Waals surface area contributed by atoms with Crippen LogP contribution in [0.3, 0.4) is 0 Å². The summed E-state index contributed by atoms with van der Waals surface area (Å²) in [6.07, 6.45) is 0. The Balaban J connectivity index is 1.87. The van der Waals surface area contributed by atoms with Crippen LogP contribution in [0.1, 0.15) is 5.56 Å². The topological polar surface area (TPSA) is 51.9 Å². The van der Waals surface area contributed by atoms with Gasteiger partial charge in [0.25, 0.3) is 0 Å². The van der Waals surface area contributed by atoms with Gasteiger partial charge in [-0.1, -0.05) is 28.1 Å². The predicted octanol–water partition coefficient (Wildman–Crippen LogP) is 3.07. The van der Waals surface area contributed by atoms with Crippen molar-refractivity contribution in [3.8, 4) is 5.75 Å². The quantitative estimate of drug-likeness (QED) is 0.645. The number of hydrogen-bond acceptors (Lipinski definition) is 2. The number of nitrogens with zero attached hydrogens (tertiary/aromatic N) is 1. The van der Waals surface area contributed by atoms with E-state index in [0.29, 0.717) is 12.3 Å². The van der Waals surface area contributed by atoms with Crippen LogP contribution < -0.4 is 9.88 Å². The summed E-state index contributed by atoms with van der Waals surface area (Å²) in [6.45, 7) is 0.548. The van der Waals surface area contributed by atoms with Gasteiger partial charge in [-0.15, -0.1) is 0 Å². The first-order valence-electron chi connectivity index (χ1n) is 6.33. The lowest BCUT2D eigenvalue weighted by atomic mass is 10.2. The third-order valence-corrected chi connectivity index (χ3v) is 3.83. The standard InChI is InChI=1S/C15H14BrN3O/c1-19-13-5-3-2-4-12(13)18-15(19)17-9-10-8-11(16)6-7-14(10)20/h2-8H,9H2,1H3,(H2,17,18,20)/p+1. The fourth-order valence-corrected chi connectivity index (χ4v) is 2.65. The van der Waals surface area contributed by atoms with E-state index >= 15 is 0 Å². The minimum atomic E-state index is 0.291. The number of aromatic hydroxyl groups is 1. The number of rotatable bonds is 3. The molecule has 20 heavy (non-hydrogen) atoms. The van der Waals surface area contributed by atoms with Crippen molar-refractivity contribution in [3.63, 3.8) is 0 Å². The van der Waals surface area contributed by atoms with Gasteiger partial charge >= 0.3 is 5.95 Å². The summed E-state index contributed by atoms with van der Waals surface area (Å²) in [5, 5.41) is 13.2. The highest BCUT2D eigenvalue weighted by molar-refractivity contribution is 9.10. The molecule has 4 nitrogen and oxygen atoms in total. The molecule has 0 aliphatic heterocycles. The Hall–Kier alpha value is -2.01. The number of aromatic nitrogens is 2. The SMILES string of the molecule is C[n+]1c(NCc2cc(Br)ccc2O)[nH]c2ccccc21. The first-order chi connectivity index (χ1) is 9.65. The molecule has 1 heterocycles. The van der Waals surface area contributed by atoms with Crippen LogP contribution in [0.25, 0.3) is 11.0 Å². The molecule has 0 radical (unpaired) electrons. The number of H-pyrrole nitrogens is 1. The molecule has 0 aliphatic rings. The number of imidazole rings is 1. The van der Waals surface area contributed by atoms with Gasteiger partial charge < -0.3 is 5.11 Å². The fourth-order valence-electron chi connectivity index (χ4n) is 2.24. The van der Waals surface area contributed by atoms with Crippen LogP contribution >= 0.6 is 15.9 Å². The van der Waals surface area contributed by atoms with E-state index in [9.17, 15) is 5.11 Å². The zero-order valence-corrected chi connectivity index (χ0v) is 12.6. The van der Waals surface area contributed by atoms with E-state index in [4.69, 9.17) is 0 Å². The third kappa shape index (κ3) is 2.36. The van der Waals surface area contributed by atoms with Crippen LogP contribution in [-0.2, 0) is 13.6 Å². The number of para-hydroxylation sites is 2. The van der Waals surface area contributed by atoms with Gasteiger partial charge in [0.15, 0.2) is 0 Å². The summed E-state index contributed by atoms with van der Waals surface area (Å²) in [5.74, 6) is 1.20. The van der Waals surface area contributed by atoms with E-state index in [1.807, 2.05) is 37.4 Å². The lowest BCUT2D eigenvalue weighted by Crippen LogP contribution is -2.30. The first-order valence-corrected chi connectivity index (χ1v) is 7.12. The Morgan fingerprint density at radius 2 is 2.05 bits per heavy atom. The molecule has 0 saturated heterocycles. The second-order valence-corrected chi connectivity index (χ2v) is 5.59. The highest BCUT2D eigenvalue weighted by Crippen LogP contribution is 2.22. The van der Waals surface area contributed by atoms with Crippen LogP contribution in [0.5, 0.6) is 5.75 Å². The van der Waals surface area contributed by atoms with E-state index in [2.05, 4.69) is 36.9 Å². The van der Waals surface area contributed by atoms with Crippen LogP contribution in [-0.4, -0.2) is 10.1 Å². The number of fused-ring (bicyclic) bond motifs is 1. The number of nitrogens with one attached hydrogen (secondary N) is 2. The number of hydrogen-bond donors (Lipinski definition) is 3. The molecular formula is C15H15BrN3O+. The molecule has 3 rings (SSSR count). The molecule has 0 saturated carbocycles. The molecule has 0 atom stereocenters. The van der Waals surface area contributed by atoms with Gasteiger partial charge in [-0.05, 0) is 30.3 Å². The van der Waals surface area contributed by atoms with Crippen LogP contribution in [0.15, 0.2) is 46.9 Å². The molecule has 2 aromatic carbocycles. The normalized spacial score (nSPS) is 10.9. The molecule has 102 valence electrons. The maximum atomic E-state index is 9.84. The summed E-state index contributed by atoms with van der Waals surface area (Å²) >= 11 is 3.41. The summed E-state index contributed by atoms with van der Waals surface area (Å²) in [7, 11) is 2.00. The molecule has 0 unspecified atom stereocenters. The van der Waals surface area contributed by atoms with E-state index < -0.39 is 0 Å². The highest BCUT2D eigenvalue weighted by Gasteiger charge is 2.14. The number of phenols is 1. The third-order valence-electron chi connectivity index (χ3n) is 3.34. The zero-order valence-electron chi connectivity index (χ0n) is 11.0. The second-order valence-electron chi connectivity index (χ2n) is 4.68. The van der Waals surface area contributed by atoms with Gasteiger partial charge in [0.2, 0.25) is 0 Å². The Kier molecular flexibility index (Phi) is 3.36. The minimum Gasteiger partial charge on any atom is -0.508 e. The van der Waals surface area contributed by atoms with Crippen molar-refractivity contribution in [2.24, 2.45) is 7.05 Å². The van der Waals surface area contributed by atoms with Crippen molar-refractivity contribution in [1.82, 2.24) is 4.98 Å². The Bertz CT molecular complexity index is 767. The molecule has 3 aromatic rings. The van der Waals surface area contributed by atoms with Crippen LogP contribution in [0.4, 0.5) is 5.95 Å². The summed E-state index contributed by atoms with van der Waals surface area (Å²) < 4.78 is 3.01. The Labute approximate surface area is 125 Å². The predicted molar refractivity (Wildman–Crippen MR) is 82.6 cm³/mol. The Morgan fingerprint density at radius 1 is 1.25 bits per heavy atom. The molecule has 0 aliphatic carbocycles. The molecule has 0 fully saturated rings. The van der Waals surface area contributed by atoms with Gasteiger partial charge in [0, 0.05) is 10.0 Å². The van der Waals surface area contributed by atoms with Crippen molar-refractivity contribution >= 4 is 32.9 Å². The molecule has 0 amide bonds. The number of aromatic amines is 1. The molecule has 5 heteroatoms. The lowest BCUT2D eigenvalue weighted by molar-refractivity contribution is -0.630. The smallest absolute Gasteiger partial charge is 0.356 e. The van der Waals surface area contributed by atoms with Gasteiger partial charge in [-0.2, -0.15) is 0 Å². The zero-order chi connectivity index (χ0) is 14.1. The summed E-state index contributed by atoms with van der Waals surface area (Å²) in [5.41, 5.74) is 3.06. The second kappa shape index (κ2) is 5.17. The maximum Gasteiger partial charge on any atom is 0.356 e. The van der Waals surface area contributed by atoms with Crippen molar-refractivity contribution < 1.29 is 9.67 Å². The lowest BCUT2D eigenvalue weighted by Gasteiger charge is -2.04. The van der Waals surface area contributed by atoms with Gasteiger partial charge in [-0.3, -0.25) is 5.32 Å². The van der Waals surface area contributed by atoms with Crippen molar-refractivity contribution in [2.45, 2.75) is 6.54 Å². The Morgan fingerprint density at radius 3 is 2.85 bits per heavy atom. The number of anilines is 1. The van der Waals surface area contributed by atoms with Crippen molar-refractivity contribution in [2.75, 3.05) is 5.32 Å². The molecule has 0 bridgehead atoms. The average molecular weight is 333 g/mol. The number of halogens is 1. The van der Waals surface area contributed by atoms with E-state index in [-0.39, 0.29) is 0 Å². The molecular weight excluding hydrogens is 318 g/mol. The monoisotopic (exact) mass is 332 g/mol. The highest BCUT2D eigenvalue weighted by atomic mass is 79.9. The largest absolute Gasteiger partial charge is 0.508 e. The maximum absolute atomic E-state index is 9.84. The van der Waals surface area contributed by atoms with Crippen LogP contribution in [0.2, 0.25) is 0 Å². The number of aryl methyl sites for hydroxylation is 1. The molecule has 3 N–H and O–H groups in total. The van der Waals surface area contributed by atoms with E-state index in [1.54, 1.807) is 6.07 Å².